The predicted octanol–water partition coefficient (Wildman–Crippen LogP) is 2.51. The van der Waals surface area contributed by atoms with Gasteiger partial charge in [-0.15, -0.1) is 0 Å². The van der Waals surface area contributed by atoms with Crippen molar-refractivity contribution in [3.63, 3.8) is 0 Å². The summed E-state index contributed by atoms with van der Waals surface area (Å²) in [4.78, 5) is 24.9. The molecule has 2 rings (SSSR count). The van der Waals surface area contributed by atoms with Crippen molar-refractivity contribution in [2.45, 2.75) is 53.1 Å². The number of carbonyl (C=O) groups excluding carboxylic acids is 2. The molecule has 1 aromatic rings. The van der Waals surface area contributed by atoms with E-state index in [1.54, 1.807) is 0 Å². The van der Waals surface area contributed by atoms with E-state index >= 15 is 0 Å². The number of nitrogens with one attached hydrogen (secondary N) is 2. The van der Waals surface area contributed by atoms with Crippen molar-refractivity contribution < 1.29 is 14.3 Å². The van der Waals surface area contributed by atoms with Gasteiger partial charge in [-0.2, -0.15) is 0 Å². The second kappa shape index (κ2) is 8.85. The maximum atomic E-state index is 11.8. The van der Waals surface area contributed by atoms with Gasteiger partial charge in [0.15, 0.2) is 0 Å². The number of nitrogens with zero attached hydrogens (tertiary/aromatic N) is 1. The average molecular weight is 347 g/mol. The van der Waals surface area contributed by atoms with Gasteiger partial charge >= 0.3 is 12.0 Å². The number of aryl methyl sites for hydroxylation is 2. The highest BCUT2D eigenvalue weighted by Gasteiger charge is 2.22. The van der Waals surface area contributed by atoms with Crippen LogP contribution < -0.4 is 15.4 Å². The summed E-state index contributed by atoms with van der Waals surface area (Å²) < 4.78 is 5.28. The van der Waals surface area contributed by atoms with E-state index < -0.39 is 0 Å². The highest BCUT2D eigenvalue weighted by molar-refractivity contribution is 5.74. The number of esters is 1. The summed E-state index contributed by atoms with van der Waals surface area (Å²) in [6.07, 6.45) is 1.92. The molecule has 0 aromatic heterocycles. The van der Waals surface area contributed by atoms with Crippen LogP contribution in [-0.4, -0.2) is 42.6 Å². The Morgan fingerprint density at radius 2 is 1.80 bits per heavy atom. The smallest absolute Gasteiger partial charge is 0.317 e. The number of urea groups is 1. The first-order chi connectivity index (χ1) is 11.9. The number of ether oxygens (including phenoxy) is 1. The maximum absolute atomic E-state index is 11.8. The number of likely N-dealkylation sites (tertiary alicyclic amines) is 1. The van der Waals surface area contributed by atoms with Gasteiger partial charge in [0, 0.05) is 39.1 Å². The van der Waals surface area contributed by atoms with E-state index in [1.165, 1.54) is 12.5 Å². The van der Waals surface area contributed by atoms with Crippen molar-refractivity contribution in [1.82, 2.24) is 15.5 Å². The molecule has 1 aliphatic rings. The maximum Gasteiger partial charge on any atom is 0.317 e. The summed E-state index contributed by atoms with van der Waals surface area (Å²) in [5.74, 6) is 0.363. The summed E-state index contributed by atoms with van der Waals surface area (Å²) >= 11 is 0. The molecule has 1 aliphatic heterocycles. The third-order valence-electron chi connectivity index (χ3n) is 4.47. The van der Waals surface area contributed by atoms with Crippen LogP contribution in [0.25, 0.3) is 0 Å². The van der Waals surface area contributed by atoms with Crippen LogP contribution in [0.3, 0.4) is 0 Å². The number of carbonyl (C=O) groups is 2. The minimum atomic E-state index is -0.295. The Hall–Kier alpha value is -2.08. The van der Waals surface area contributed by atoms with E-state index in [9.17, 15) is 9.59 Å². The third-order valence-corrected chi connectivity index (χ3v) is 4.47. The Balaban J connectivity index is 1.86. The Bertz CT molecular complexity index is 599. The number of hydrogen-bond acceptors (Lipinski definition) is 4. The van der Waals surface area contributed by atoms with Crippen LogP contribution in [0.1, 0.15) is 43.4 Å². The first kappa shape index (κ1) is 19.2. The molecule has 138 valence electrons. The van der Waals surface area contributed by atoms with E-state index in [-0.39, 0.29) is 12.0 Å². The molecule has 0 aliphatic carbocycles. The number of piperidine rings is 1. The quantitative estimate of drug-likeness (QED) is 0.634. The lowest BCUT2D eigenvalue weighted by Gasteiger charge is -2.32. The molecule has 0 spiro atoms. The molecule has 25 heavy (non-hydrogen) atoms. The fourth-order valence-corrected chi connectivity index (χ4v) is 3.26. The number of amides is 2. The minimum absolute atomic E-state index is 0.0354. The summed E-state index contributed by atoms with van der Waals surface area (Å²) in [6.45, 7) is 10.3. The van der Waals surface area contributed by atoms with E-state index in [0.29, 0.717) is 18.3 Å². The van der Waals surface area contributed by atoms with Crippen molar-refractivity contribution >= 4 is 12.0 Å². The van der Waals surface area contributed by atoms with Gasteiger partial charge < -0.3 is 20.3 Å². The van der Waals surface area contributed by atoms with Crippen molar-refractivity contribution in [1.29, 1.82) is 0 Å². The fraction of sp³-hybridized carbons (Fsp3) is 0.579. The Morgan fingerprint density at radius 3 is 2.32 bits per heavy atom. The molecule has 1 heterocycles. The average Bonchev–Trinajstić information content (AvgIpc) is 2.57. The summed E-state index contributed by atoms with van der Waals surface area (Å²) in [7, 11) is 0. The first-order valence-electron chi connectivity index (χ1n) is 8.95. The molecule has 0 unspecified atom stereocenters. The van der Waals surface area contributed by atoms with Crippen LogP contribution in [0, 0.1) is 13.8 Å². The van der Waals surface area contributed by atoms with Crippen LogP contribution in [0.5, 0.6) is 5.75 Å². The van der Waals surface area contributed by atoms with Crippen molar-refractivity contribution in [2.24, 2.45) is 0 Å². The Kier molecular flexibility index (Phi) is 6.82. The van der Waals surface area contributed by atoms with Crippen molar-refractivity contribution in [3.05, 3.63) is 28.8 Å². The minimum Gasteiger partial charge on any atom is -0.426 e. The summed E-state index contributed by atoms with van der Waals surface area (Å²) in [6, 6.07) is 4.57. The summed E-state index contributed by atoms with van der Waals surface area (Å²) in [5, 5.41) is 6.43. The van der Waals surface area contributed by atoms with Crippen LogP contribution in [0.2, 0.25) is 0 Å². The van der Waals surface area contributed by atoms with Crippen LogP contribution in [0.15, 0.2) is 12.1 Å². The van der Waals surface area contributed by atoms with Crippen molar-refractivity contribution in [3.8, 4) is 5.75 Å². The molecule has 0 saturated carbocycles. The fourth-order valence-electron chi connectivity index (χ4n) is 3.26. The lowest BCUT2D eigenvalue weighted by molar-refractivity contribution is -0.131. The van der Waals surface area contributed by atoms with Gasteiger partial charge in [-0.05, 0) is 50.3 Å². The summed E-state index contributed by atoms with van der Waals surface area (Å²) in [5.41, 5.74) is 3.12. The third kappa shape index (κ3) is 5.46. The number of rotatable bonds is 5. The normalized spacial score (nSPS) is 15.1. The zero-order valence-electron chi connectivity index (χ0n) is 15.6. The molecule has 0 bridgehead atoms. The van der Waals surface area contributed by atoms with Gasteiger partial charge in [0.2, 0.25) is 0 Å². The van der Waals surface area contributed by atoms with Gasteiger partial charge in [0.25, 0.3) is 0 Å². The van der Waals surface area contributed by atoms with Gasteiger partial charge in [-0.3, -0.25) is 4.79 Å². The SMILES string of the molecule is CCNC(=O)N1CCC(NCc2cc(C)c(OC(C)=O)c(C)c2)CC1. The van der Waals surface area contributed by atoms with Gasteiger partial charge in [0.05, 0.1) is 0 Å². The van der Waals surface area contributed by atoms with Gasteiger partial charge in [-0.1, -0.05) is 12.1 Å². The second-order valence-corrected chi connectivity index (χ2v) is 6.63. The highest BCUT2D eigenvalue weighted by atomic mass is 16.5. The van der Waals surface area contributed by atoms with Gasteiger partial charge in [-0.25, -0.2) is 4.79 Å². The van der Waals surface area contributed by atoms with E-state index in [4.69, 9.17) is 4.74 Å². The molecule has 6 nitrogen and oxygen atoms in total. The molecule has 1 fully saturated rings. The Labute approximate surface area is 149 Å². The molecule has 0 atom stereocenters. The van der Waals surface area contributed by atoms with Crippen LogP contribution in [-0.2, 0) is 11.3 Å². The first-order valence-corrected chi connectivity index (χ1v) is 8.95. The lowest BCUT2D eigenvalue weighted by Crippen LogP contribution is -2.48. The van der Waals surface area contributed by atoms with Gasteiger partial charge in [0.1, 0.15) is 5.75 Å². The number of benzene rings is 1. The molecular formula is C19H29N3O3. The highest BCUT2D eigenvalue weighted by Crippen LogP contribution is 2.25. The molecular weight excluding hydrogens is 318 g/mol. The number of hydrogen-bond donors (Lipinski definition) is 2. The van der Waals surface area contributed by atoms with E-state index in [2.05, 4.69) is 22.8 Å². The standard InChI is InChI=1S/C19H29N3O3/c1-5-20-19(24)22-8-6-17(7-9-22)21-12-16-10-13(2)18(14(3)11-16)25-15(4)23/h10-11,17,21H,5-9,12H2,1-4H3,(H,20,24). The molecule has 2 amide bonds. The molecule has 6 heteroatoms. The van der Waals surface area contributed by atoms with Crippen molar-refractivity contribution in [2.75, 3.05) is 19.6 Å². The zero-order chi connectivity index (χ0) is 18.4. The molecule has 0 radical (unpaired) electrons. The monoisotopic (exact) mass is 347 g/mol. The topological polar surface area (TPSA) is 70.7 Å². The largest absolute Gasteiger partial charge is 0.426 e. The van der Waals surface area contributed by atoms with E-state index in [0.717, 1.165) is 43.6 Å². The molecule has 1 aromatic carbocycles. The molecule has 1 saturated heterocycles. The Morgan fingerprint density at radius 1 is 1.20 bits per heavy atom. The van der Waals surface area contributed by atoms with Crippen LogP contribution >= 0.6 is 0 Å². The second-order valence-electron chi connectivity index (χ2n) is 6.63. The lowest BCUT2D eigenvalue weighted by atomic mass is 10.0. The predicted molar refractivity (Wildman–Crippen MR) is 97.7 cm³/mol. The van der Waals surface area contributed by atoms with Crippen LogP contribution in [0.4, 0.5) is 4.79 Å². The zero-order valence-corrected chi connectivity index (χ0v) is 15.6. The molecule has 2 N–H and O–H groups in total. The van der Waals surface area contributed by atoms with E-state index in [1.807, 2.05) is 25.7 Å².